The van der Waals surface area contributed by atoms with Crippen LogP contribution in [0.4, 0.5) is 0 Å². The van der Waals surface area contributed by atoms with Gasteiger partial charge in [-0.15, -0.1) is 0 Å². The molecule has 0 saturated carbocycles. The molecule has 1 aromatic rings. The van der Waals surface area contributed by atoms with Crippen molar-refractivity contribution in [2.45, 2.75) is 31.7 Å². The van der Waals surface area contributed by atoms with Crippen LogP contribution in [0, 0.1) is 5.92 Å². The van der Waals surface area contributed by atoms with Gasteiger partial charge in [0.25, 0.3) is 0 Å². The smallest absolute Gasteiger partial charge is 0.225 e. The van der Waals surface area contributed by atoms with Crippen molar-refractivity contribution in [1.29, 1.82) is 0 Å². The Morgan fingerprint density at radius 3 is 2.61 bits per heavy atom. The van der Waals surface area contributed by atoms with Crippen LogP contribution in [0.1, 0.15) is 31.2 Å². The number of carbonyl (C=O) groups excluding carboxylic acids is 1. The van der Waals surface area contributed by atoms with Crippen LogP contribution in [-0.2, 0) is 4.79 Å². The van der Waals surface area contributed by atoms with Gasteiger partial charge in [-0.1, -0.05) is 30.7 Å². The SMILES string of the molecule is CCN[C@@H]1CN(C(=O)C2CCNCC2)C[C@H]1c1ccc(Cl)cc1. The van der Waals surface area contributed by atoms with Crippen molar-refractivity contribution in [3.8, 4) is 0 Å². The largest absolute Gasteiger partial charge is 0.340 e. The van der Waals surface area contributed by atoms with E-state index in [-0.39, 0.29) is 5.92 Å². The summed E-state index contributed by atoms with van der Waals surface area (Å²) in [6.07, 6.45) is 1.93. The second-order valence-corrected chi connectivity index (χ2v) is 7.03. The molecule has 0 unspecified atom stereocenters. The highest BCUT2D eigenvalue weighted by molar-refractivity contribution is 6.30. The van der Waals surface area contributed by atoms with Crippen molar-refractivity contribution in [2.24, 2.45) is 5.92 Å². The van der Waals surface area contributed by atoms with Crippen LogP contribution in [0.5, 0.6) is 0 Å². The highest BCUT2D eigenvalue weighted by Crippen LogP contribution is 2.30. The number of nitrogens with zero attached hydrogens (tertiary/aromatic N) is 1. The van der Waals surface area contributed by atoms with Crippen LogP contribution >= 0.6 is 11.6 Å². The van der Waals surface area contributed by atoms with Gasteiger partial charge in [0.05, 0.1) is 0 Å². The maximum absolute atomic E-state index is 12.8. The number of halogens is 1. The molecule has 0 aliphatic carbocycles. The molecule has 0 radical (unpaired) electrons. The molecule has 1 aromatic carbocycles. The van der Waals surface area contributed by atoms with E-state index < -0.39 is 0 Å². The fourth-order valence-electron chi connectivity index (χ4n) is 3.83. The quantitative estimate of drug-likeness (QED) is 0.887. The number of carbonyl (C=O) groups is 1. The van der Waals surface area contributed by atoms with Crippen molar-refractivity contribution in [3.63, 3.8) is 0 Å². The molecule has 2 aliphatic heterocycles. The van der Waals surface area contributed by atoms with Crippen molar-refractivity contribution in [2.75, 3.05) is 32.7 Å². The van der Waals surface area contributed by atoms with Crippen LogP contribution in [-0.4, -0.2) is 49.6 Å². The highest BCUT2D eigenvalue weighted by Gasteiger charge is 2.37. The summed E-state index contributed by atoms with van der Waals surface area (Å²) in [7, 11) is 0. The van der Waals surface area contributed by atoms with E-state index in [1.54, 1.807) is 0 Å². The topological polar surface area (TPSA) is 44.4 Å². The van der Waals surface area contributed by atoms with Gasteiger partial charge in [0, 0.05) is 36.0 Å². The number of benzene rings is 1. The first-order valence-electron chi connectivity index (χ1n) is 8.67. The third-order valence-corrected chi connectivity index (χ3v) is 5.34. The zero-order valence-corrected chi connectivity index (χ0v) is 14.5. The van der Waals surface area contributed by atoms with Crippen molar-refractivity contribution in [3.05, 3.63) is 34.9 Å². The first-order valence-corrected chi connectivity index (χ1v) is 9.05. The van der Waals surface area contributed by atoms with Crippen LogP contribution in [0.15, 0.2) is 24.3 Å². The zero-order chi connectivity index (χ0) is 16.2. The maximum atomic E-state index is 12.8. The fourth-order valence-corrected chi connectivity index (χ4v) is 3.95. The second kappa shape index (κ2) is 7.65. The summed E-state index contributed by atoms with van der Waals surface area (Å²) in [6.45, 7) is 6.58. The van der Waals surface area contributed by atoms with E-state index in [0.29, 0.717) is 17.9 Å². The summed E-state index contributed by atoms with van der Waals surface area (Å²) in [5, 5.41) is 7.65. The van der Waals surface area contributed by atoms with Gasteiger partial charge in [-0.25, -0.2) is 0 Å². The summed E-state index contributed by atoms with van der Waals surface area (Å²) in [6, 6.07) is 8.40. The molecular weight excluding hydrogens is 310 g/mol. The Hall–Kier alpha value is -1.10. The third kappa shape index (κ3) is 3.87. The Balaban J connectivity index is 1.72. The highest BCUT2D eigenvalue weighted by atomic mass is 35.5. The van der Waals surface area contributed by atoms with Gasteiger partial charge >= 0.3 is 0 Å². The molecule has 0 spiro atoms. The predicted octanol–water partition coefficient (Wildman–Crippen LogP) is 2.24. The van der Waals surface area contributed by atoms with E-state index in [0.717, 1.165) is 50.6 Å². The molecule has 4 nitrogen and oxygen atoms in total. The minimum absolute atomic E-state index is 0.197. The molecule has 23 heavy (non-hydrogen) atoms. The van der Waals surface area contributed by atoms with Crippen molar-refractivity contribution >= 4 is 17.5 Å². The summed E-state index contributed by atoms with van der Waals surface area (Å²) >= 11 is 6.01. The van der Waals surface area contributed by atoms with Crippen molar-refractivity contribution < 1.29 is 4.79 Å². The Bertz CT molecular complexity index is 528. The van der Waals surface area contributed by atoms with E-state index >= 15 is 0 Å². The lowest BCUT2D eigenvalue weighted by Gasteiger charge is -2.26. The molecule has 2 fully saturated rings. The van der Waals surface area contributed by atoms with E-state index in [4.69, 9.17) is 11.6 Å². The van der Waals surface area contributed by atoms with Gasteiger partial charge in [0.1, 0.15) is 0 Å². The Labute approximate surface area is 143 Å². The summed E-state index contributed by atoms with van der Waals surface area (Å²) in [4.78, 5) is 14.9. The van der Waals surface area contributed by atoms with Gasteiger partial charge in [-0.2, -0.15) is 0 Å². The average molecular weight is 336 g/mol. The molecule has 5 heteroatoms. The van der Waals surface area contributed by atoms with Gasteiger partial charge in [-0.3, -0.25) is 4.79 Å². The first kappa shape index (κ1) is 16.7. The molecule has 2 saturated heterocycles. The van der Waals surface area contributed by atoms with Gasteiger partial charge in [0.2, 0.25) is 5.91 Å². The molecule has 2 aliphatic rings. The number of rotatable bonds is 4. The number of likely N-dealkylation sites (N-methyl/N-ethyl adjacent to an activating group) is 1. The van der Waals surface area contributed by atoms with Gasteiger partial charge < -0.3 is 15.5 Å². The van der Waals surface area contributed by atoms with E-state index in [1.807, 2.05) is 12.1 Å². The van der Waals surface area contributed by atoms with E-state index in [9.17, 15) is 4.79 Å². The average Bonchev–Trinajstić information content (AvgIpc) is 3.00. The Morgan fingerprint density at radius 2 is 1.96 bits per heavy atom. The molecule has 126 valence electrons. The standard InChI is InChI=1S/C18H26ClN3O/c1-2-21-17-12-22(18(23)14-7-9-20-10-8-14)11-16(17)13-3-5-15(19)6-4-13/h3-6,14,16-17,20-21H,2,7-12H2,1H3/t16-,17+/m0/s1. The fraction of sp³-hybridized carbons (Fsp3) is 0.611. The maximum Gasteiger partial charge on any atom is 0.225 e. The molecule has 0 aromatic heterocycles. The second-order valence-electron chi connectivity index (χ2n) is 6.59. The minimum Gasteiger partial charge on any atom is -0.340 e. The minimum atomic E-state index is 0.197. The molecule has 1 amide bonds. The van der Waals surface area contributed by atoms with Crippen LogP contribution in [0.2, 0.25) is 5.02 Å². The predicted molar refractivity (Wildman–Crippen MR) is 93.8 cm³/mol. The number of hydrogen-bond donors (Lipinski definition) is 2. The van der Waals surface area contributed by atoms with Gasteiger partial charge in [-0.05, 0) is 50.2 Å². The third-order valence-electron chi connectivity index (χ3n) is 5.08. The number of nitrogens with one attached hydrogen (secondary N) is 2. The Kier molecular flexibility index (Phi) is 5.57. The monoisotopic (exact) mass is 335 g/mol. The number of piperidine rings is 1. The lowest BCUT2D eigenvalue weighted by atomic mass is 9.94. The molecule has 2 atom stereocenters. The molecule has 0 bridgehead atoms. The normalized spacial score (nSPS) is 25.7. The van der Waals surface area contributed by atoms with Crippen LogP contribution in [0.3, 0.4) is 0 Å². The summed E-state index contributed by atoms with van der Waals surface area (Å²) in [5.74, 6) is 0.881. The summed E-state index contributed by atoms with van der Waals surface area (Å²) < 4.78 is 0. The van der Waals surface area contributed by atoms with Gasteiger partial charge in [0.15, 0.2) is 0 Å². The van der Waals surface area contributed by atoms with Crippen LogP contribution in [0.25, 0.3) is 0 Å². The van der Waals surface area contributed by atoms with Crippen LogP contribution < -0.4 is 10.6 Å². The first-order chi connectivity index (χ1) is 11.2. The molecule has 2 N–H and O–H groups in total. The lowest BCUT2D eigenvalue weighted by Crippen LogP contribution is -2.41. The van der Waals surface area contributed by atoms with E-state index in [2.05, 4.69) is 34.6 Å². The Morgan fingerprint density at radius 1 is 1.26 bits per heavy atom. The lowest BCUT2D eigenvalue weighted by molar-refractivity contribution is -0.135. The molecule has 2 heterocycles. The van der Waals surface area contributed by atoms with Crippen molar-refractivity contribution in [1.82, 2.24) is 15.5 Å². The number of amides is 1. The zero-order valence-electron chi connectivity index (χ0n) is 13.7. The van der Waals surface area contributed by atoms with E-state index in [1.165, 1.54) is 5.56 Å². The molecule has 3 rings (SSSR count). The number of likely N-dealkylation sites (tertiary alicyclic amines) is 1. The number of hydrogen-bond acceptors (Lipinski definition) is 3. The summed E-state index contributed by atoms with van der Waals surface area (Å²) in [5.41, 5.74) is 1.26. The molecular formula is C18H26ClN3O.